The van der Waals surface area contributed by atoms with Gasteiger partial charge in [-0.1, -0.05) is 149 Å². The van der Waals surface area contributed by atoms with Gasteiger partial charge in [-0.05, 0) is 86.1 Å². The van der Waals surface area contributed by atoms with Crippen LogP contribution in [0.3, 0.4) is 0 Å². The molecule has 0 radical (unpaired) electrons. The van der Waals surface area contributed by atoms with Crippen molar-refractivity contribution in [2.45, 2.75) is 12.8 Å². The van der Waals surface area contributed by atoms with Crippen molar-refractivity contribution in [2.75, 3.05) is 0 Å². The lowest BCUT2D eigenvalue weighted by Crippen LogP contribution is -2.29. The Balaban J connectivity index is 0.000000121. The molecule has 0 amide bonds. The van der Waals surface area contributed by atoms with E-state index < -0.39 is 7.12 Å². The lowest BCUT2D eigenvalue weighted by Gasteiger charge is -2.05. The average Bonchev–Trinajstić information content (AvgIpc) is 3.60. The molecule has 0 atom stereocenters. The molecule has 0 heterocycles. The van der Waals surface area contributed by atoms with Crippen molar-refractivity contribution in [1.82, 2.24) is 0 Å². The molecule has 0 aromatic heterocycles. The largest absolute Gasteiger partial charge is 0.488 e. The van der Waals surface area contributed by atoms with Crippen LogP contribution in [0.25, 0.3) is 33.4 Å². The summed E-state index contributed by atoms with van der Waals surface area (Å²) >= 11 is 3.51. The third-order valence-corrected chi connectivity index (χ3v) is 8.25. The van der Waals surface area contributed by atoms with Gasteiger partial charge in [-0.2, -0.15) is 0 Å². The minimum Gasteiger partial charge on any atom is -0.423 e. The van der Waals surface area contributed by atoms with Gasteiger partial charge in [0.2, 0.25) is 0 Å². The topological polar surface area (TPSA) is 40.5 Å². The quantitative estimate of drug-likeness (QED) is 0.194. The second kappa shape index (κ2) is 12.7. The second-order valence-corrected chi connectivity index (χ2v) is 11.4. The SMILES string of the molecule is Brc1ccc2c(c1)Cc1ccccc1-2.OB(O)c1ccccc1.c1ccc(-c2ccc3c(c2)Cc2ccccc2-3)cc1. The maximum absolute atomic E-state index is 8.58. The Kier molecular flexibility index (Phi) is 8.48. The molecule has 0 aliphatic heterocycles. The van der Waals surface area contributed by atoms with Crippen LogP contribution < -0.4 is 5.46 Å². The van der Waals surface area contributed by atoms with E-state index in [1.54, 1.807) is 24.3 Å². The Labute approximate surface area is 256 Å². The van der Waals surface area contributed by atoms with Gasteiger partial charge in [-0.15, -0.1) is 0 Å². The first kappa shape index (κ1) is 27.9. The highest BCUT2D eigenvalue weighted by Crippen LogP contribution is 2.39. The van der Waals surface area contributed by atoms with E-state index in [4.69, 9.17) is 10.0 Å². The van der Waals surface area contributed by atoms with Crippen LogP contribution in [0.2, 0.25) is 0 Å². The fourth-order valence-corrected chi connectivity index (χ4v) is 6.10. The van der Waals surface area contributed by atoms with Crippen molar-refractivity contribution < 1.29 is 10.0 Å². The Bertz CT molecular complexity index is 1820. The van der Waals surface area contributed by atoms with E-state index >= 15 is 0 Å². The zero-order valence-electron chi connectivity index (χ0n) is 23.1. The maximum atomic E-state index is 8.58. The van der Waals surface area contributed by atoms with Gasteiger partial charge in [0, 0.05) is 4.47 Å². The molecule has 42 heavy (non-hydrogen) atoms. The highest BCUT2D eigenvalue weighted by Gasteiger charge is 2.18. The fourth-order valence-electron chi connectivity index (χ4n) is 5.69. The molecule has 4 heteroatoms. The number of fused-ring (bicyclic) bond motifs is 6. The van der Waals surface area contributed by atoms with Crippen LogP contribution in [0.5, 0.6) is 0 Å². The van der Waals surface area contributed by atoms with Gasteiger partial charge in [-0.3, -0.25) is 0 Å². The smallest absolute Gasteiger partial charge is 0.423 e. The fraction of sp³-hybridized carbons (Fsp3) is 0.0526. The van der Waals surface area contributed by atoms with E-state index in [0.29, 0.717) is 5.46 Å². The molecule has 2 N–H and O–H groups in total. The van der Waals surface area contributed by atoms with Crippen LogP contribution in [0, 0.1) is 0 Å². The zero-order chi connectivity index (χ0) is 28.9. The highest BCUT2D eigenvalue weighted by molar-refractivity contribution is 9.10. The maximum Gasteiger partial charge on any atom is 0.488 e. The molecule has 0 spiro atoms. The molecule has 2 aliphatic rings. The normalized spacial score (nSPS) is 11.5. The van der Waals surface area contributed by atoms with Crippen LogP contribution >= 0.6 is 15.9 Å². The highest BCUT2D eigenvalue weighted by atomic mass is 79.9. The summed E-state index contributed by atoms with van der Waals surface area (Å²) in [5, 5.41) is 17.2. The van der Waals surface area contributed by atoms with Gasteiger partial charge in [0.05, 0.1) is 0 Å². The molecule has 0 saturated carbocycles. The van der Waals surface area contributed by atoms with E-state index in [9.17, 15) is 0 Å². The summed E-state index contributed by atoms with van der Waals surface area (Å²) in [5.41, 5.74) is 14.5. The number of hydrogen-bond acceptors (Lipinski definition) is 2. The molecule has 8 rings (SSSR count). The van der Waals surface area contributed by atoms with Crippen LogP contribution in [-0.2, 0) is 12.8 Å². The van der Waals surface area contributed by atoms with Gasteiger partial charge < -0.3 is 10.0 Å². The van der Waals surface area contributed by atoms with Gasteiger partial charge in [0.15, 0.2) is 0 Å². The van der Waals surface area contributed by atoms with Crippen molar-refractivity contribution in [3.8, 4) is 33.4 Å². The van der Waals surface area contributed by atoms with Crippen LogP contribution in [0.1, 0.15) is 22.3 Å². The summed E-state index contributed by atoms with van der Waals surface area (Å²) in [7, 11) is -1.34. The minimum absolute atomic E-state index is 0.525. The van der Waals surface area contributed by atoms with Crippen molar-refractivity contribution in [2.24, 2.45) is 0 Å². The third-order valence-electron chi connectivity index (χ3n) is 7.75. The van der Waals surface area contributed by atoms with Crippen LogP contribution in [0.4, 0.5) is 0 Å². The Morgan fingerprint density at radius 2 is 0.905 bits per heavy atom. The number of rotatable bonds is 2. The summed E-state index contributed by atoms with van der Waals surface area (Å²) in [6.07, 6.45) is 2.14. The summed E-state index contributed by atoms with van der Waals surface area (Å²) < 4.78 is 1.17. The molecule has 0 unspecified atom stereocenters. The molecule has 2 aliphatic carbocycles. The number of hydrogen-bond donors (Lipinski definition) is 2. The van der Waals surface area contributed by atoms with Gasteiger partial charge >= 0.3 is 7.12 Å². The predicted octanol–water partition coefficient (Wildman–Crippen LogP) is 8.31. The van der Waals surface area contributed by atoms with Gasteiger partial charge in [-0.25, -0.2) is 0 Å². The molecule has 0 saturated heterocycles. The van der Waals surface area contributed by atoms with Crippen molar-refractivity contribution >= 4 is 28.5 Å². The molecule has 6 aromatic carbocycles. The van der Waals surface area contributed by atoms with Crippen molar-refractivity contribution in [1.29, 1.82) is 0 Å². The average molecular weight is 609 g/mol. The van der Waals surface area contributed by atoms with E-state index in [0.717, 1.165) is 12.8 Å². The molecule has 0 fully saturated rings. The predicted molar refractivity (Wildman–Crippen MR) is 179 cm³/mol. The van der Waals surface area contributed by atoms with E-state index in [-0.39, 0.29) is 0 Å². The number of benzene rings is 6. The summed E-state index contributed by atoms with van der Waals surface area (Å²) in [6.45, 7) is 0. The first-order valence-electron chi connectivity index (χ1n) is 14.1. The molecule has 6 aromatic rings. The monoisotopic (exact) mass is 608 g/mol. The molecule has 2 nitrogen and oxygen atoms in total. The van der Waals surface area contributed by atoms with E-state index in [1.165, 1.54) is 60.1 Å². The summed E-state index contributed by atoms with van der Waals surface area (Å²) in [6, 6.07) is 50.0. The van der Waals surface area contributed by atoms with Crippen molar-refractivity contribution in [3.05, 3.63) is 172 Å². The standard InChI is InChI=1S/C19H14.C13H9Br.C6H7BO2/c1-2-6-14(7-3-1)15-10-11-19-17(12-15)13-16-8-4-5-9-18(16)19;14-11-5-6-13-10(8-11)7-9-3-1-2-4-12(9)13;8-7(9)6-4-2-1-3-5-6/h1-12H,13H2;1-6,8H,7H2;1-5,8-9H. The lowest BCUT2D eigenvalue weighted by atomic mass is 9.81. The second-order valence-electron chi connectivity index (χ2n) is 10.5. The molecular weight excluding hydrogens is 579 g/mol. The Hall–Kier alpha value is -4.22. The van der Waals surface area contributed by atoms with Crippen LogP contribution in [0.15, 0.2) is 150 Å². The van der Waals surface area contributed by atoms with Crippen LogP contribution in [-0.4, -0.2) is 17.2 Å². The lowest BCUT2D eigenvalue weighted by molar-refractivity contribution is 0.426. The van der Waals surface area contributed by atoms with E-state index in [2.05, 4.69) is 131 Å². The Morgan fingerprint density at radius 1 is 0.429 bits per heavy atom. The molecule has 0 bridgehead atoms. The Morgan fingerprint density at radius 3 is 1.48 bits per heavy atom. The first-order chi connectivity index (χ1) is 20.6. The zero-order valence-corrected chi connectivity index (χ0v) is 24.7. The number of halogens is 1. The van der Waals surface area contributed by atoms with Crippen molar-refractivity contribution in [3.63, 3.8) is 0 Å². The summed E-state index contributed by atoms with van der Waals surface area (Å²) in [5.74, 6) is 0. The van der Waals surface area contributed by atoms with Gasteiger partial charge in [0.25, 0.3) is 0 Å². The van der Waals surface area contributed by atoms with Gasteiger partial charge in [0.1, 0.15) is 0 Å². The third kappa shape index (κ3) is 6.17. The minimum atomic E-state index is -1.34. The first-order valence-corrected chi connectivity index (χ1v) is 14.9. The molecular formula is C38H30BBrO2. The summed E-state index contributed by atoms with van der Waals surface area (Å²) in [4.78, 5) is 0. The van der Waals surface area contributed by atoms with E-state index in [1.807, 2.05) is 6.07 Å². The molecule has 204 valence electrons.